The summed E-state index contributed by atoms with van der Waals surface area (Å²) in [5.74, 6) is 1.82. The van der Waals surface area contributed by atoms with E-state index < -0.39 is 0 Å². The predicted molar refractivity (Wildman–Crippen MR) is 245 cm³/mol. The van der Waals surface area contributed by atoms with E-state index >= 15 is 0 Å². The lowest BCUT2D eigenvalue weighted by Gasteiger charge is -2.16. The summed E-state index contributed by atoms with van der Waals surface area (Å²) in [6, 6.07) is 70.2. The molecule has 1 heterocycles. The standard InChI is InChI=1S/C55H39N3O/c1-36-28-29-39(33-51(36)47-24-11-9-21-41(47)35-59)42-30-43(52-34-40-20-8-10-23-46(40)48-25-13-14-26-49(48)52)32-44(31-42)54-56-53(38-18-6-3-7-19-38)57-55(58-54)50-27-15-12-22-45(50)37-16-4-2-5-17-37/h2-34,59H,35H2,1H3/p+1. The van der Waals surface area contributed by atoms with Crippen LogP contribution in [0.25, 0.3) is 100 Å². The van der Waals surface area contributed by atoms with Crippen molar-refractivity contribution in [3.05, 3.63) is 211 Å². The zero-order valence-corrected chi connectivity index (χ0v) is 32.6. The number of rotatable bonds is 8. The second kappa shape index (κ2) is 15.4. The molecule has 0 saturated heterocycles. The normalized spacial score (nSPS) is 11.3. The van der Waals surface area contributed by atoms with Gasteiger partial charge in [0.25, 0.3) is 0 Å². The summed E-state index contributed by atoms with van der Waals surface area (Å²) in [6.45, 7) is 2.36. The topological polar surface area (TPSA) is 61.6 Å². The van der Waals surface area contributed by atoms with Gasteiger partial charge < -0.3 is 5.11 Å². The van der Waals surface area contributed by atoms with Gasteiger partial charge in [-0.2, -0.15) is 0 Å². The molecule has 280 valence electrons. The minimum absolute atomic E-state index is 0.216. The van der Waals surface area contributed by atoms with Crippen LogP contribution in [-0.4, -0.2) is 20.1 Å². The molecule has 0 bridgehead atoms. The van der Waals surface area contributed by atoms with Crippen LogP contribution >= 0.6 is 0 Å². The molecule has 4 heteroatoms. The van der Waals surface area contributed by atoms with Crippen LogP contribution in [0.15, 0.2) is 200 Å². The second-order valence-electron chi connectivity index (χ2n) is 14.9. The van der Waals surface area contributed by atoms with E-state index in [1.165, 1.54) is 27.1 Å². The summed E-state index contributed by atoms with van der Waals surface area (Å²) in [5, 5.41) is 13.1. The van der Waals surface area contributed by atoms with Crippen LogP contribution in [0.4, 0.5) is 0 Å². The quantitative estimate of drug-likeness (QED) is 0.114. The molecule has 59 heavy (non-hydrogen) atoms. The summed E-state index contributed by atoms with van der Waals surface area (Å²) in [5.41, 5.74) is 13.6. The van der Waals surface area contributed by atoms with E-state index in [0.717, 1.165) is 66.8 Å². The molecule has 0 saturated carbocycles. The Morgan fingerprint density at radius 2 is 0.898 bits per heavy atom. The van der Waals surface area contributed by atoms with Gasteiger partial charge in [0.1, 0.15) is 0 Å². The fourth-order valence-electron chi connectivity index (χ4n) is 8.29. The highest BCUT2D eigenvalue weighted by atomic mass is 16.3. The summed E-state index contributed by atoms with van der Waals surface area (Å²) >= 11 is 0. The molecule has 10 aromatic rings. The Kier molecular flexibility index (Phi) is 9.38. The Morgan fingerprint density at radius 1 is 0.339 bits per heavy atom. The number of benzene rings is 9. The Morgan fingerprint density at radius 3 is 1.66 bits per heavy atom. The van der Waals surface area contributed by atoms with Gasteiger partial charge in [-0.3, -0.25) is 0 Å². The van der Waals surface area contributed by atoms with Crippen molar-refractivity contribution in [3.8, 4) is 78.7 Å². The van der Waals surface area contributed by atoms with Gasteiger partial charge in [0, 0.05) is 22.3 Å². The molecule has 0 aliphatic heterocycles. The molecule has 0 radical (unpaired) electrons. The monoisotopic (exact) mass is 758 g/mol. The lowest BCUT2D eigenvalue weighted by molar-refractivity contribution is 0.282. The molecule has 0 unspecified atom stereocenters. The number of aromatic nitrogens is 3. The third-order valence-electron chi connectivity index (χ3n) is 11.3. The van der Waals surface area contributed by atoms with Gasteiger partial charge in [-0.15, -0.1) is 0 Å². The van der Waals surface area contributed by atoms with Gasteiger partial charge in [-0.1, -0.05) is 170 Å². The van der Waals surface area contributed by atoms with Gasteiger partial charge in [-0.25, -0.2) is 15.0 Å². The second-order valence-corrected chi connectivity index (χ2v) is 14.9. The van der Waals surface area contributed by atoms with Crippen LogP contribution in [0.3, 0.4) is 0 Å². The van der Waals surface area contributed by atoms with E-state index in [-0.39, 0.29) is 6.61 Å². The molecule has 0 aliphatic rings. The number of hydrogen-bond donors (Lipinski definition) is 0. The first-order chi connectivity index (χ1) is 29.1. The molecule has 0 atom stereocenters. The van der Waals surface area contributed by atoms with Gasteiger partial charge in [-0.05, 0) is 109 Å². The van der Waals surface area contributed by atoms with Crippen LogP contribution in [0, 0.1) is 6.92 Å². The van der Waals surface area contributed by atoms with Crippen molar-refractivity contribution in [3.63, 3.8) is 0 Å². The first-order valence-electron chi connectivity index (χ1n) is 20.0. The lowest BCUT2D eigenvalue weighted by Crippen LogP contribution is -2.01. The van der Waals surface area contributed by atoms with Crippen LogP contribution < -0.4 is 0 Å². The Bertz CT molecular complexity index is 3160. The molecule has 10 rings (SSSR count). The number of nitrogens with zero attached hydrogens (tertiary/aromatic N) is 3. The van der Waals surface area contributed by atoms with Gasteiger partial charge >= 0.3 is 0 Å². The van der Waals surface area contributed by atoms with E-state index in [1.807, 2.05) is 36.4 Å². The third-order valence-corrected chi connectivity index (χ3v) is 11.3. The maximum Gasteiger partial charge on any atom is 0.170 e. The largest absolute Gasteiger partial charge is 0.442 e. The zero-order chi connectivity index (χ0) is 39.7. The van der Waals surface area contributed by atoms with Gasteiger partial charge in [0.15, 0.2) is 24.1 Å². The van der Waals surface area contributed by atoms with Crippen LogP contribution in [0.1, 0.15) is 11.1 Å². The molecular weight excluding hydrogens is 719 g/mol. The first-order valence-corrected chi connectivity index (χ1v) is 20.0. The highest BCUT2D eigenvalue weighted by Crippen LogP contribution is 2.41. The van der Waals surface area contributed by atoms with Crippen LogP contribution in [0.2, 0.25) is 0 Å². The summed E-state index contributed by atoms with van der Waals surface area (Å²) in [7, 11) is 0. The average molecular weight is 759 g/mol. The summed E-state index contributed by atoms with van der Waals surface area (Å²) in [6.07, 6.45) is 0. The molecule has 0 aliphatic carbocycles. The first kappa shape index (κ1) is 35.9. The van der Waals surface area contributed by atoms with E-state index in [1.54, 1.807) is 0 Å². The molecule has 1 aromatic heterocycles. The van der Waals surface area contributed by atoms with E-state index in [9.17, 15) is 0 Å². The van der Waals surface area contributed by atoms with Gasteiger partial charge in [0.2, 0.25) is 0 Å². The number of fused-ring (bicyclic) bond motifs is 3. The molecule has 0 amide bonds. The maximum absolute atomic E-state index is 8.29. The van der Waals surface area contributed by atoms with Crippen molar-refractivity contribution in [2.24, 2.45) is 0 Å². The van der Waals surface area contributed by atoms with E-state index in [0.29, 0.717) is 17.5 Å². The SMILES string of the molecule is Cc1ccc(-c2cc(-c3nc(-c4ccccc4)nc(-c4ccccc4-c4ccccc4)n3)cc(-c3cc4ccccc4c4ccccc34)c2)cc1-c1ccccc1C[OH2+]. The van der Waals surface area contributed by atoms with Crippen LogP contribution in [-0.2, 0) is 6.61 Å². The molecule has 4 nitrogen and oxygen atoms in total. The maximum atomic E-state index is 8.29. The smallest absolute Gasteiger partial charge is 0.170 e. The third kappa shape index (κ3) is 6.86. The molecule has 9 aromatic carbocycles. The summed E-state index contributed by atoms with van der Waals surface area (Å²) < 4.78 is 0. The average Bonchev–Trinajstić information content (AvgIpc) is 3.31. The summed E-state index contributed by atoms with van der Waals surface area (Å²) in [4.78, 5) is 15.7. The Labute approximate surface area is 343 Å². The molecule has 2 N–H and O–H groups in total. The van der Waals surface area contributed by atoms with E-state index in [4.69, 9.17) is 20.1 Å². The zero-order valence-electron chi connectivity index (χ0n) is 32.6. The van der Waals surface area contributed by atoms with Crippen molar-refractivity contribution in [1.29, 1.82) is 0 Å². The van der Waals surface area contributed by atoms with Crippen molar-refractivity contribution < 1.29 is 5.11 Å². The molecule has 0 spiro atoms. The lowest BCUT2D eigenvalue weighted by atomic mass is 9.89. The highest BCUT2D eigenvalue weighted by Gasteiger charge is 2.19. The van der Waals surface area contributed by atoms with Crippen molar-refractivity contribution in [2.45, 2.75) is 13.5 Å². The minimum atomic E-state index is 0.216. The molecule has 0 fully saturated rings. The van der Waals surface area contributed by atoms with Gasteiger partial charge in [0.05, 0.1) is 0 Å². The van der Waals surface area contributed by atoms with Crippen molar-refractivity contribution >= 4 is 21.5 Å². The number of aryl methyl sites for hydroxylation is 1. The number of hydrogen-bond acceptors (Lipinski definition) is 3. The Hall–Kier alpha value is -7.53. The van der Waals surface area contributed by atoms with E-state index in [2.05, 4.69) is 171 Å². The Balaban J connectivity index is 1.25. The van der Waals surface area contributed by atoms with Crippen LogP contribution in [0.5, 0.6) is 0 Å². The highest BCUT2D eigenvalue weighted by molar-refractivity contribution is 6.14. The van der Waals surface area contributed by atoms with Crippen molar-refractivity contribution in [2.75, 3.05) is 0 Å². The van der Waals surface area contributed by atoms with Crippen molar-refractivity contribution in [1.82, 2.24) is 15.0 Å². The fourth-order valence-corrected chi connectivity index (χ4v) is 8.29. The molecular formula is C55H40N3O+. The fraction of sp³-hybridized carbons (Fsp3) is 0.0364. The minimum Gasteiger partial charge on any atom is -0.442 e. The predicted octanol–water partition coefficient (Wildman–Crippen LogP) is 13.4.